The van der Waals surface area contributed by atoms with Crippen molar-refractivity contribution in [2.24, 2.45) is 17.8 Å². The van der Waals surface area contributed by atoms with Gasteiger partial charge >= 0.3 is 0 Å². The Hall–Kier alpha value is -1.68. The van der Waals surface area contributed by atoms with E-state index < -0.39 is 6.10 Å². The monoisotopic (exact) mass is 273 g/mol. The van der Waals surface area contributed by atoms with E-state index in [0.717, 1.165) is 12.8 Å². The van der Waals surface area contributed by atoms with Crippen LogP contribution < -0.4 is 4.90 Å². The number of imide groups is 1. The van der Waals surface area contributed by atoms with Gasteiger partial charge < -0.3 is 5.11 Å². The van der Waals surface area contributed by atoms with Crippen LogP contribution in [0.4, 0.5) is 5.69 Å². The van der Waals surface area contributed by atoms with Gasteiger partial charge in [0, 0.05) is 5.56 Å². The molecule has 20 heavy (non-hydrogen) atoms. The molecule has 1 aliphatic heterocycles. The zero-order chi connectivity index (χ0) is 14.4. The molecule has 3 atom stereocenters. The van der Waals surface area contributed by atoms with Crippen molar-refractivity contribution >= 4 is 17.5 Å². The number of hydrogen-bond donors (Lipinski definition) is 1. The Morgan fingerprint density at radius 1 is 1.15 bits per heavy atom. The van der Waals surface area contributed by atoms with Crippen LogP contribution in [0, 0.1) is 17.8 Å². The molecule has 3 rings (SSSR count). The van der Waals surface area contributed by atoms with Gasteiger partial charge in [-0.05, 0) is 31.7 Å². The number of aliphatic hydroxyl groups is 1. The van der Waals surface area contributed by atoms with Gasteiger partial charge in [0.2, 0.25) is 11.8 Å². The quantitative estimate of drug-likeness (QED) is 0.841. The molecule has 3 unspecified atom stereocenters. The Bertz CT molecular complexity index is 543. The first-order valence-electron chi connectivity index (χ1n) is 7.15. The van der Waals surface area contributed by atoms with E-state index in [1.54, 1.807) is 31.2 Å². The molecule has 4 heteroatoms. The van der Waals surface area contributed by atoms with E-state index >= 15 is 0 Å². The molecule has 2 amide bonds. The number of nitrogens with zero attached hydrogens (tertiary/aromatic N) is 1. The number of benzene rings is 1. The minimum absolute atomic E-state index is 0.0996. The summed E-state index contributed by atoms with van der Waals surface area (Å²) in [7, 11) is 0. The molecule has 106 valence electrons. The number of amides is 2. The molecule has 0 bridgehead atoms. The molecular weight excluding hydrogens is 254 g/mol. The molecule has 1 aromatic rings. The summed E-state index contributed by atoms with van der Waals surface area (Å²) in [5.74, 6) is -0.0962. The van der Waals surface area contributed by atoms with Crippen molar-refractivity contribution in [3.8, 4) is 0 Å². The number of carbonyl (C=O) groups excluding carboxylic acids is 2. The van der Waals surface area contributed by atoms with Crippen LogP contribution in [0.1, 0.15) is 38.4 Å². The predicted molar refractivity (Wildman–Crippen MR) is 74.9 cm³/mol. The lowest BCUT2D eigenvalue weighted by Crippen LogP contribution is -2.33. The average molecular weight is 273 g/mol. The van der Waals surface area contributed by atoms with E-state index in [2.05, 4.69) is 6.92 Å². The smallest absolute Gasteiger partial charge is 0.237 e. The normalized spacial score (nSPS) is 30.8. The Morgan fingerprint density at radius 3 is 2.25 bits per heavy atom. The number of carbonyl (C=O) groups is 2. The summed E-state index contributed by atoms with van der Waals surface area (Å²) in [6.45, 7) is 3.74. The highest BCUT2D eigenvalue weighted by molar-refractivity contribution is 6.22. The van der Waals surface area contributed by atoms with Crippen molar-refractivity contribution in [3.63, 3.8) is 0 Å². The minimum atomic E-state index is -0.703. The molecule has 1 N–H and O–H groups in total. The van der Waals surface area contributed by atoms with E-state index in [4.69, 9.17) is 0 Å². The summed E-state index contributed by atoms with van der Waals surface area (Å²) in [4.78, 5) is 26.4. The van der Waals surface area contributed by atoms with Crippen molar-refractivity contribution in [3.05, 3.63) is 29.8 Å². The first kappa shape index (κ1) is 13.3. The largest absolute Gasteiger partial charge is 0.389 e. The third kappa shape index (κ3) is 1.86. The van der Waals surface area contributed by atoms with Gasteiger partial charge in [0.1, 0.15) is 0 Å². The lowest BCUT2D eigenvalue weighted by atomic mass is 10.00. The van der Waals surface area contributed by atoms with Gasteiger partial charge in [-0.25, -0.2) is 4.90 Å². The fraction of sp³-hybridized carbons (Fsp3) is 0.500. The highest BCUT2D eigenvalue weighted by Crippen LogP contribution is 2.45. The SMILES string of the molecule is CC1CC2C(=O)N(c3ccccc3C(C)O)C(=O)C2C1. The molecule has 0 radical (unpaired) electrons. The average Bonchev–Trinajstić information content (AvgIpc) is 2.89. The topological polar surface area (TPSA) is 57.6 Å². The maximum absolute atomic E-state index is 12.5. The first-order chi connectivity index (χ1) is 9.50. The van der Waals surface area contributed by atoms with Crippen LogP contribution in [-0.2, 0) is 9.59 Å². The molecule has 2 fully saturated rings. The van der Waals surface area contributed by atoms with Crippen LogP contribution in [0.5, 0.6) is 0 Å². The van der Waals surface area contributed by atoms with Gasteiger partial charge in [-0.15, -0.1) is 0 Å². The van der Waals surface area contributed by atoms with E-state index in [1.165, 1.54) is 4.90 Å². The van der Waals surface area contributed by atoms with Crippen LogP contribution >= 0.6 is 0 Å². The zero-order valence-corrected chi connectivity index (χ0v) is 11.7. The molecule has 1 heterocycles. The molecule has 2 aliphatic rings. The van der Waals surface area contributed by atoms with Gasteiger partial charge in [0.25, 0.3) is 0 Å². The first-order valence-corrected chi connectivity index (χ1v) is 7.15. The standard InChI is InChI=1S/C16H19NO3/c1-9-7-12-13(8-9)16(20)17(15(12)19)14-6-4-3-5-11(14)10(2)18/h3-6,9-10,12-13,18H,7-8H2,1-2H3. The van der Waals surface area contributed by atoms with Crippen LogP contribution in [-0.4, -0.2) is 16.9 Å². The highest BCUT2D eigenvalue weighted by atomic mass is 16.3. The second-order valence-corrected chi connectivity index (χ2v) is 6.04. The van der Waals surface area contributed by atoms with Gasteiger partial charge in [-0.2, -0.15) is 0 Å². The number of rotatable bonds is 2. The van der Waals surface area contributed by atoms with Gasteiger partial charge in [-0.3, -0.25) is 9.59 Å². The number of anilines is 1. The fourth-order valence-corrected chi connectivity index (χ4v) is 3.56. The summed E-state index contributed by atoms with van der Waals surface area (Å²) in [6.07, 6.45) is 0.886. The molecule has 0 aromatic heterocycles. The molecule has 0 spiro atoms. The molecule has 4 nitrogen and oxygen atoms in total. The number of hydrogen-bond acceptors (Lipinski definition) is 3. The van der Waals surface area contributed by atoms with Crippen LogP contribution in [0.25, 0.3) is 0 Å². The third-order valence-corrected chi connectivity index (χ3v) is 4.50. The van der Waals surface area contributed by atoms with Gasteiger partial charge in [-0.1, -0.05) is 25.1 Å². The fourth-order valence-electron chi connectivity index (χ4n) is 3.56. The van der Waals surface area contributed by atoms with E-state index in [0.29, 0.717) is 17.2 Å². The van der Waals surface area contributed by atoms with E-state index in [1.807, 2.05) is 0 Å². The second kappa shape index (κ2) is 4.70. The molecule has 1 aromatic carbocycles. The maximum Gasteiger partial charge on any atom is 0.237 e. The third-order valence-electron chi connectivity index (χ3n) is 4.50. The lowest BCUT2D eigenvalue weighted by Gasteiger charge is -2.21. The number of para-hydroxylation sites is 1. The Labute approximate surface area is 118 Å². The van der Waals surface area contributed by atoms with Gasteiger partial charge in [0.05, 0.1) is 23.6 Å². The van der Waals surface area contributed by atoms with Gasteiger partial charge in [0.15, 0.2) is 0 Å². The highest BCUT2D eigenvalue weighted by Gasteiger charge is 2.52. The number of fused-ring (bicyclic) bond motifs is 1. The molecule has 1 aliphatic carbocycles. The lowest BCUT2D eigenvalue weighted by molar-refractivity contribution is -0.123. The molecular formula is C16H19NO3. The minimum Gasteiger partial charge on any atom is -0.389 e. The Balaban J connectivity index is 2.00. The van der Waals surface area contributed by atoms with E-state index in [-0.39, 0.29) is 23.7 Å². The molecule has 1 saturated heterocycles. The van der Waals surface area contributed by atoms with Crippen molar-refractivity contribution < 1.29 is 14.7 Å². The summed E-state index contributed by atoms with van der Waals surface area (Å²) < 4.78 is 0. The van der Waals surface area contributed by atoms with Crippen LogP contribution in [0.15, 0.2) is 24.3 Å². The van der Waals surface area contributed by atoms with Crippen LogP contribution in [0.2, 0.25) is 0 Å². The summed E-state index contributed by atoms with van der Waals surface area (Å²) in [5.41, 5.74) is 1.17. The Morgan fingerprint density at radius 2 is 1.70 bits per heavy atom. The number of aliphatic hydroxyl groups excluding tert-OH is 1. The maximum atomic E-state index is 12.5. The summed E-state index contributed by atoms with van der Waals surface area (Å²) in [6, 6.07) is 7.09. The van der Waals surface area contributed by atoms with Crippen molar-refractivity contribution in [2.45, 2.75) is 32.8 Å². The van der Waals surface area contributed by atoms with Crippen molar-refractivity contribution in [2.75, 3.05) is 4.90 Å². The zero-order valence-electron chi connectivity index (χ0n) is 11.7. The predicted octanol–water partition coefficient (Wildman–Crippen LogP) is 2.28. The van der Waals surface area contributed by atoms with E-state index in [9.17, 15) is 14.7 Å². The van der Waals surface area contributed by atoms with Crippen LogP contribution in [0.3, 0.4) is 0 Å². The molecule has 1 saturated carbocycles. The summed E-state index contributed by atoms with van der Waals surface area (Å²) in [5, 5.41) is 9.83. The summed E-state index contributed by atoms with van der Waals surface area (Å²) >= 11 is 0. The second-order valence-electron chi connectivity index (χ2n) is 6.04. The van der Waals surface area contributed by atoms with Crippen molar-refractivity contribution in [1.82, 2.24) is 0 Å². The Kier molecular flexibility index (Phi) is 3.13. The van der Waals surface area contributed by atoms with Crippen molar-refractivity contribution in [1.29, 1.82) is 0 Å².